The largest absolute Gasteiger partial charge is 0.338 e. The second-order valence-electron chi connectivity index (χ2n) is 5.37. The van der Waals surface area contributed by atoms with E-state index < -0.39 is 0 Å². The maximum atomic E-state index is 12.0. The Labute approximate surface area is 113 Å². The Morgan fingerprint density at radius 2 is 2.47 bits per heavy atom. The van der Waals surface area contributed by atoms with Crippen LogP contribution in [0.4, 0.5) is 5.88 Å². The van der Waals surface area contributed by atoms with Gasteiger partial charge in [-0.3, -0.25) is 15.0 Å². The monoisotopic (exact) mass is 266 g/mol. The Kier molecular flexibility index (Phi) is 4.55. The Morgan fingerprint density at radius 3 is 3.11 bits per heavy atom. The van der Waals surface area contributed by atoms with Gasteiger partial charge in [0.15, 0.2) is 0 Å². The number of amides is 1. The number of likely N-dealkylation sites (tertiary alicyclic amines) is 1. The summed E-state index contributed by atoms with van der Waals surface area (Å²) >= 11 is 0. The minimum absolute atomic E-state index is 0.0795. The molecule has 3 N–H and O–H groups in total. The molecule has 1 aromatic rings. The highest BCUT2D eigenvalue weighted by molar-refractivity contribution is 5.91. The van der Waals surface area contributed by atoms with Gasteiger partial charge in [0, 0.05) is 18.7 Å². The quantitative estimate of drug-likeness (QED) is 0.848. The van der Waals surface area contributed by atoms with Gasteiger partial charge in [-0.25, -0.2) is 0 Å². The zero-order valence-electron chi connectivity index (χ0n) is 11.6. The van der Waals surface area contributed by atoms with Gasteiger partial charge in [0.1, 0.15) is 0 Å². The molecule has 0 aromatic carbocycles. The third kappa shape index (κ3) is 3.78. The molecule has 1 amide bonds. The van der Waals surface area contributed by atoms with Crippen LogP contribution in [0.15, 0.2) is 10.6 Å². The molecule has 2 atom stereocenters. The van der Waals surface area contributed by atoms with Gasteiger partial charge >= 0.3 is 0 Å². The highest BCUT2D eigenvalue weighted by Gasteiger charge is 2.26. The first-order valence-electron chi connectivity index (χ1n) is 6.75. The number of hydrogen-bond donors (Lipinski definition) is 2. The lowest BCUT2D eigenvalue weighted by molar-refractivity contribution is -0.118. The molecule has 1 aromatic heterocycles. The predicted molar refractivity (Wildman–Crippen MR) is 72.7 cm³/mol. The van der Waals surface area contributed by atoms with E-state index in [1.54, 1.807) is 6.07 Å². The highest BCUT2D eigenvalue weighted by Crippen LogP contribution is 2.21. The molecular formula is C13H22N4O2. The van der Waals surface area contributed by atoms with Crippen LogP contribution in [0, 0.1) is 12.8 Å². The number of hydrogen-bond acceptors (Lipinski definition) is 5. The Bertz CT molecular complexity index is 432. The van der Waals surface area contributed by atoms with E-state index in [9.17, 15) is 4.79 Å². The van der Waals surface area contributed by atoms with Crippen LogP contribution in [0.3, 0.4) is 0 Å². The third-order valence-corrected chi connectivity index (χ3v) is 3.61. The fraction of sp³-hybridized carbons (Fsp3) is 0.692. The Balaban J connectivity index is 1.87. The van der Waals surface area contributed by atoms with E-state index in [0.717, 1.165) is 25.1 Å². The maximum absolute atomic E-state index is 12.0. The van der Waals surface area contributed by atoms with Crippen LogP contribution in [0.5, 0.6) is 0 Å². The van der Waals surface area contributed by atoms with Gasteiger partial charge in [-0.1, -0.05) is 12.1 Å². The summed E-state index contributed by atoms with van der Waals surface area (Å²) in [6, 6.07) is 2.00. The fourth-order valence-electron chi connectivity index (χ4n) is 2.54. The maximum Gasteiger partial charge on any atom is 0.240 e. The Morgan fingerprint density at radius 1 is 1.68 bits per heavy atom. The number of piperidine rings is 1. The van der Waals surface area contributed by atoms with E-state index in [4.69, 9.17) is 10.3 Å². The van der Waals surface area contributed by atoms with Crippen LogP contribution in [-0.2, 0) is 4.79 Å². The lowest BCUT2D eigenvalue weighted by atomic mass is 9.92. The van der Waals surface area contributed by atoms with Crippen molar-refractivity contribution in [1.29, 1.82) is 0 Å². The lowest BCUT2D eigenvalue weighted by Crippen LogP contribution is -2.49. The van der Waals surface area contributed by atoms with Crippen LogP contribution in [-0.4, -0.2) is 41.6 Å². The van der Waals surface area contributed by atoms with Crippen molar-refractivity contribution in [3.8, 4) is 0 Å². The summed E-state index contributed by atoms with van der Waals surface area (Å²) in [5, 5.41) is 6.45. The van der Waals surface area contributed by atoms with Gasteiger partial charge in [0.05, 0.1) is 12.2 Å². The number of nitrogens with one attached hydrogen (secondary N) is 1. The summed E-state index contributed by atoms with van der Waals surface area (Å²) in [6.07, 6.45) is 2.18. The summed E-state index contributed by atoms with van der Waals surface area (Å²) in [7, 11) is 0. The average molecular weight is 266 g/mol. The minimum atomic E-state index is -0.0795. The van der Waals surface area contributed by atoms with E-state index >= 15 is 0 Å². The highest BCUT2D eigenvalue weighted by atomic mass is 16.5. The van der Waals surface area contributed by atoms with Crippen molar-refractivity contribution in [1.82, 2.24) is 10.1 Å². The Hall–Kier alpha value is -1.40. The predicted octanol–water partition coefficient (Wildman–Crippen LogP) is 0.981. The molecule has 1 fully saturated rings. The van der Waals surface area contributed by atoms with Crippen LogP contribution < -0.4 is 11.1 Å². The molecule has 19 heavy (non-hydrogen) atoms. The number of carbonyl (C=O) groups excluding carboxylic acids is 1. The average Bonchev–Trinajstić information content (AvgIpc) is 2.76. The van der Waals surface area contributed by atoms with E-state index in [1.807, 2.05) is 6.92 Å². The molecule has 1 aliphatic rings. The number of nitrogens with zero attached hydrogens (tertiary/aromatic N) is 2. The van der Waals surface area contributed by atoms with Crippen molar-refractivity contribution in [2.75, 3.05) is 25.0 Å². The molecule has 2 heterocycles. The normalized spacial score (nSPS) is 24.4. The number of aryl methyl sites for hydroxylation is 1. The number of aromatic nitrogens is 1. The van der Waals surface area contributed by atoms with Crippen LogP contribution in [0.25, 0.3) is 0 Å². The van der Waals surface area contributed by atoms with Crippen molar-refractivity contribution in [3.05, 3.63) is 11.8 Å². The fourth-order valence-corrected chi connectivity index (χ4v) is 2.54. The molecule has 0 saturated carbocycles. The molecule has 0 bridgehead atoms. The molecule has 0 radical (unpaired) electrons. The topological polar surface area (TPSA) is 84.4 Å². The van der Waals surface area contributed by atoms with Gasteiger partial charge in [-0.05, 0) is 32.2 Å². The first-order valence-corrected chi connectivity index (χ1v) is 6.75. The summed E-state index contributed by atoms with van der Waals surface area (Å²) in [5.41, 5.74) is 6.54. The number of nitrogens with two attached hydrogens (primary N) is 1. The smallest absolute Gasteiger partial charge is 0.240 e. The van der Waals surface area contributed by atoms with Crippen molar-refractivity contribution in [2.45, 2.75) is 32.7 Å². The zero-order chi connectivity index (χ0) is 13.8. The molecule has 106 valence electrons. The van der Waals surface area contributed by atoms with Crippen LogP contribution in [0.1, 0.15) is 25.5 Å². The van der Waals surface area contributed by atoms with Gasteiger partial charge in [0.2, 0.25) is 11.8 Å². The SMILES string of the molecule is Cc1cc(NC(=O)CN2CCC(C)CC2CN)on1. The molecule has 1 saturated heterocycles. The molecule has 2 rings (SSSR count). The summed E-state index contributed by atoms with van der Waals surface area (Å²) < 4.78 is 4.97. The van der Waals surface area contributed by atoms with E-state index in [1.165, 1.54) is 0 Å². The first-order chi connectivity index (χ1) is 9.08. The van der Waals surface area contributed by atoms with Crippen molar-refractivity contribution in [2.24, 2.45) is 11.7 Å². The molecule has 1 aliphatic heterocycles. The summed E-state index contributed by atoms with van der Waals surface area (Å²) in [4.78, 5) is 14.1. The third-order valence-electron chi connectivity index (χ3n) is 3.61. The van der Waals surface area contributed by atoms with Gasteiger partial charge in [-0.15, -0.1) is 0 Å². The van der Waals surface area contributed by atoms with E-state index in [2.05, 4.69) is 22.3 Å². The molecule has 2 unspecified atom stereocenters. The molecule has 0 spiro atoms. The number of anilines is 1. The van der Waals surface area contributed by atoms with Gasteiger partial charge in [-0.2, -0.15) is 0 Å². The standard InChI is InChI=1S/C13H22N4O2/c1-9-3-4-17(11(5-9)7-14)8-12(18)15-13-6-10(2)16-19-13/h6,9,11H,3-5,7-8,14H2,1-2H3,(H,15,18). The minimum Gasteiger partial charge on any atom is -0.338 e. The first kappa shape index (κ1) is 14.0. The van der Waals surface area contributed by atoms with Crippen LogP contribution in [0.2, 0.25) is 0 Å². The van der Waals surface area contributed by atoms with Gasteiger partial charge in [0.25, 0.3) is 0 Å². The van der Waals surface area contributed by atoms with Crippen molar-refractivity contribution in [3.63, 3.8) is 0 Å². The summed E-state index contributed by atoms with van der Waals surface area (Å²) in [5.74, 6) is 1.01. The molecule has 6 nitrogen and oxygen atoms in total. The van der Waals surface area contributed by atoms with Gasteiger partial charge < -0.3 is 10.3 Å². The van der Waals surface area contributed by atoms with Crippen molar-refractivity contribution < 1.29 is 9.32 Å². The molecular weight excluding hydrogens is 244 g/mol. The number of rotatable bonds is 4. The summed E-state index contributed by atoms with van der Waals surface area (Å²) in [6.45, 7) is 5.92. The van der Waals surface area contributed by atoms with Crippen LogP contribution >= 0.6 is 0 Å². The van der Waals surface area contributed by atoms with Crippen molar-refractivity contribution >= 4 is 11.8 Å². The lowest BCUT2D eigenvalue weighted by Gasteiger charge is -2.37. The zero-order valence-corrected chi connectivity index (χ0v) is 11.6. The molecule has 0 aliphatic carbocycles. The van der Waals surface area contributed by atoms with E-state index in [-0.39, 0.29) is 5.91 Å². The second kappa shape index (κ2) is 6.16. The number of carbonyl (C=O) groups is 1. The van der Waals surface area contributed by atoms with E-state index in [0.29, 0.717) is 30.9 Å². The second-order valence-corrected chi connectivity index (χ2v) is 5.37. The molecule has 6 heteroatoms.